The Hall–Kier alpha value is -6.11. The molecule has 0 heterocycles. The number of unbranched alkanes of at least 4 members (excludes halogenated alkanes) is 9. The fourth-order valence-electron chi connectivity index (χ4n) is 8.00. The van der Waals surface area contributed by atoms with Gasteiger partial charge in [0.05, 0.1) is 65.7 Å². The first kappa shape index (κ1) is 83.0. The molecule has 32 heteroatoms. The number of aliphatic carboxylic acids is 5. The maximum atomic E-state index is 12.5. The molecule has 502 valence electrons. The second-order valence-corrected chi connectivity index (χ2v) is 19.9. The van der Waals surface area contributed by atoms with Crippen molar-refractivity contribution >= 4 is 53.5 Å². The first-order valence-corrected chi connectivity index (χ1v) is 29.4. The molecule has 0 atom stereocenters. The zero-order valence-corrected chi connectivity index (χ0v) is 50.8. The summed E-state index contributed by atoms with van der Waals surface area (Å²) < 4.78 is 0. The Morgan fingerprint density at radius 3 is 0.862 bits per heavy atom. The Kier molecular flexibility index (Phi) is 56.1. The normalized spacial score (nSPS) is 11.2. The fourth-order valence-corrected chi connectivity index (χ4v) is 8.00. The van der Waals surface area contributed by atoms with Crippen LogP contribution in [0.5, 0.6) is 0 Å². The molecule has 13 N–H and O–H groups in total. The van der Waals surface area contributed by atoms with E-state index in [4.69, 9.17) is 30.4 Å². The summed E-state index contributed by atoms with van der Waals surface area (Å²) in [6, 6.07) is 0. The van der Waals surface area contributed by atoms with Crippen molar-refractivity contribution in [3.05, 3.63) is 38.0 Å². The molecule has 0 aromatic heterocycles. The summed E-state index contributed by atoms with van der Waals surface area (Å²) in [6.45, 7) is 16.3. The van der Waals surface area contributed by atoms with Gasteiger partial charge in [0.15, 0.2) is 0 Å². The van der Waals surface area contributed by atoms with E-state index < -0.39 is 42.9 Å². The molecule has 0 unspecified atom stereocenters. The van der Waals surface area contributed by atoms with Crippen LogP contribution in [0.1, 0.15) is 77.0 Å². The first-order chi connectivity index (χ1) is 41.8. The second kappa shape index (κ2) is 58.9. The molecule has 32 nitrogen and oxygen atoms in total. The van der Waals surface area contributed by atoms with E-state index >= 15 is 0 Å². The van der Waals surface area contributed by atoms with Gasteiger partial charge in [0.2, 0.25) is 23.6 Å². The Bertz CT molecular complexity index is 1900. The van der Waals surface area contributed by atoms with E-state index in [0.717, 1.165) is 77.0 Å². The predicted molar refractivity (Wildman–Crippen MR) is 320 cm³/mol. The summed E-state index contributed by atoms with van der Waals surface area (Å²) >= 11 is 0. The summed E-state index contributed by atoms with van der Waals surface area (Å²) in [7, 11) is 0. The van der Waals surface area contributed by atoms with Gasteiger partial charge in [0, 0.05) is 118 Å². The van der Waals surface area contributed by atoms with Gasteiger partial charge in [-0.05, 0) is 56.8 Å². The summed E-state index contributed by atoms with van der Waals surface area (Å²) in [5.41, 5.74) is 5.81. The molecule has 0 aromatic rings. The lowest BCUT2D eigenvalue weighted by Crippen LogP contribution is -2.46. The van der Waals surface area contributed by atoms with Crippen LogP contribution in [-0.2, 0) is 62.6 Å². The SMILES string of the molecule is C=CC(=O)NCCCCCCNOCCN(CCOO)CCN(CCN(CC(=O)O)CC(=O)NCCCCCCNC(=O)C=C)CC(=O)O.C=CC(=O)NCCCCCCNOCCN(CCOO)CCN(CCN(CC(=O)O)CC(=O)O)CC(=O)O. The largest absolute Gasteiger partial charge is 0.480 e. The van der Waals surface area contributed by atoms with Gasteiger partial charge in [0.1, 0.15) is 0 Å². The maximum Gasteiger partial charge on any atom is 0.317 e. The lowest BCUT2D eigenvalue weighted by molar-refractivity contribution is -0.244. The van der Waals surface area contributed by atoms with Crippen LogP contribution in [0.2, 0.25) is 0 Å². The summed E-state index contributed by atoms with van der Waals surface area (Å²) in [4.78, 5) is 131. The van der Waals surface area contributed by atoms with Gasteiger partial charge >= 0.3 is 29.8 Å². The number of hydroxylamine groups is 2. The number of carbonyl (C=O) groups is 9. The van der Waals surface area contributed by atoms with Gasteiger partial charge in [0.25, 0.3) is 0 Å². The third-order valence-corrected chi connectivity index (χ3v) is 12.6. The van der Waals surface area contributed by atoms with E-state index in [1.165, 1.54) is 28.0 Å². The summed E-state index contributed by atoms with van der Waals surface area (Å²) in [5, 5.41) is 74.5. The molecule has 87 heavy (non-hydrogen) atoms. The molecule has 0 aliphatic carbocycles. The molecule has 0 bridgehead atoms. The topological polar surface area (TPSA) is 424 Å². The molecule has 0 fully saturated rings. The van der Waals surface area contributed by atoms with Crippen molar-refractivity contribution in [2.75, 3.05) is 184 Å². The minimum atomic E-state index is -1.17. The smallest absolute Gasteiger partial charge is 0.317 e. The first-order valence-electron chi connectivity index (χ1n) is 29.4. The number of hydrogen-bond acceptors (Lipinski definition) is 23. The van der Waals surface area contributed by atoms with E-state index in [2.05, 4.69) is 61.7 Å². The van der Waals surface area contributed by atoms with Gasteiger partial charge in [-0.25, -0.2) is 20.7 Å². The molecule has 0 saturated carbocycles. The number of nitrogens with zero attached hydrogens (tertiary/aromatic N) is 6. The molecule has 0 aliphatic rings. The monoisotopic (exact) mass is 1250 g/mol. The summed E-state index contributed by atoms with van der Waals surface area (Å²) in [6.07, 6.45) is 14.5. The Morgan fingerprint density at radius 2 is 0.563 bits per heavy atom. The van der Waals surface area contributed by atoms with Gasteiger partial charge in [-0.2, -0.15) is 0 Å². The van der Waals surface area contributed by atoms with Crippen LogP contribution in [0, 0.1) is 0 Å². The van der Waals surface area contributed by atoms with E-state index in [-0.39, 0.29) is 89.2 Å². The van der Waals surface area contributed by atoms with Crippen LogP contribution in [0.3, 0.4) is 0 Å². The lowest BCUT2D eigenvalue weighted by atomic mass is 10.2. The van der Waals surface area contributed by atoms with Gasteiger partial charge < -0.3 is 56.5 Å². The number of rotatable bonds is 62. The van der Waals surface area contributed by atoms with Crippen LogP contribution < -0.4 is 32.2 Å². The van der Waals surface area contributed by atoms with Crippen LogP contribution in [0.25, 0.3) is 0 Å². The Balaban J connectivity index is 0. The number of carboxylic acids is 5. The van der Waals surface area contributed by atoms with Crippen molar-refractivity contribution < 1.29 is 98.6 Å². The molecule has 0 spiro atoms. The average Bonchev–Trinajstić information content (AvgIpc) is 3.51. The third-order valence-electron chi connectivity index (χ3n) is 12.6. The van der Waals surface area contributed by atoms with Crippen molar-refractivity contribution in [3.63, 3.8) is 0 Å². The number of amides is 4. The highest BCUT2D eigenvalue weighted by atomic mass is 17.1. The van der Waals surface area contributed by atoms with Crippen molar-refractivity contribution in [2.45, 2.75) is 77.0 Å². The van der Waals surface area contributed by atoms with Crippen LogP contribution in [-0.4, -0.2) is 302 Å². The molecule has 0 aliphatic heterocycles. The van der Waals surface area contributed by atoms with Crippen molar-refractivity contribution in [2.24, 2.45) is 0 Å². The summed E-state index contributed by atoms with van der Waals surface area (Å²) in [5.74, 6) is -6.42. The van der Waals surface area contributed by atoms with E-state index in [9.17, 15) is 58.5 Å². The minimum Gasteiger partial charge on any atom is -0.480 e. The highest BCUT2D eigenvalue weighted by Crippen LogP contribution is 2.03. The van der Waals surface area contributed by atoms with Crippen molar-refractivity contribution in [1.82, 2.24) is 61.6 Å². The standard InChI is InChI=1S/C32H59N7O10.C23H43N5O10/c1-3-28(40)33-13-9-5-6-11-15-35-30(42)25-39(27-32(45)46)20-19-38(26-31(43)44)18-17-37(22-24-49-47)21-23-48-36-16-12-8-7-10-14-34-29(41)4-2;1-2-20(29)24-7-5-3-4-6-8-25-37-15-13-26(14-16-38-36)9-10-27(17-21(30)31)11-12-28(18-22(32)33)19-23(34)35/h3-4,36,47H,1-2,5-27H2,(H,33,40)(H,34,41)(H,35,42)(H,43,44)(H,45,46);2,25,36H,1,3-19H2,(H,24,29)(H,30,31)(H,32,33)(H,34,35). The zero-order chi connectivity index (χ0) is 65.1. The number of carbonyl (C=O) groups excluding carboxylic acids is 4. The minimum absolute atomic E-state index is 0.0462. The highest BCUT2D eigenvalue weighted by molar-refractivity contribution is 5.87. The average molecular weight is 1250 g/mol. The van der Waals surface area contributed by atoms with Crippen LogP contribution in [0.4, 0.5) is 0 Å². The zero-order valence-electron chi connectivity index (χ0n) is 50.8. The molecule has 0 aromatic carbocycles. The van der Waals surface area contributed by atoms with Crippen molar-refractivity contribution in [1.29, 1.82) is 0 Å². The fraction of sp³-hybridized carbons (Fsp3) is 0.727. The van der Waals surface area contributed by atoms with E-state index in [0.29, 0.717) is 105 Å². The second-order valence-electron chi connectivity index (χ2n) is 19.9. The molecular formula is C55H102N12O20. The van der Waals surface area contributed by atoms with Crippen LogP contribution >= 0.6 is 0 Å². The number of nitrogens with one attached hydrogen (secondary N) is 6. The van der Waals surface area contributed by atoms with E-state index in [1.54, 1.807) is 9.80 Å². The molecule has 0 rings (SSSR count). The third kappa shape index (κ3) is 58.7. The lowest BCUT2D eigenvalue weighted by Gasteiger charge is -2.28. The van der Waals surface area contributed by atoms with Crippen molar-refractivity contribution in [3.8, 4) is 0 Å². The molecule has 4 amide bonds. The van der Waals surface area contributed by atoms with E-state index in [1.807, 2.05) is 9.80 Å². The van der Waals surface area contributed by atoms with Gasteiger partial charge in [-0.15, -0.1) is 0 Å². The molecule has 0 radical (unpaired) electrons. The Labute approximate surface area is 510 Å². The molecular weight excluding hydrogens is 1150 g/mol. The Morgan fingerprint density at radius 1 is 0.310 bits per heavy atom. The highest BCUT2D eigenvalue weighted by Gasteiger charge is 2.20. The van der Waals surface area contributed by atoms with Crippen LogP contribution in [0.15, 0.2) is 38.0 Å². The maximum absolute atomic E-state index is 12.5. The predicted octanol–water partition coefficient (Wildman–Crippen LogP) is -1.07. The quantitative estimate of drug-likeness (QED) is 0.0149. The number of hydrogen-bond donors (Lipinski definition) is 13. The molecule has 0 saturated heterocycles. The number of carboxylic acid groups (broad SMARTS) is 5. The van der Waals surface area contributed by atoms with Gasteiger partial charge in [-0.3, -0.25) is 83.1 Å². The van der Waals surface area contributed by atoms with Gasteiger partial charge in [-0.1, -0.05) is 58.3 Å².